The molecular weight excluding hydrogens is 326 g/mol. The fourth-order valence-electron chi connectivity index (χ4n) is 2.21. The number of rotatable bonds is 6. The molecule has 3 N–H and O–H groups in total. The predicted molar refractivity (Wildman–Crippen MR) is 92.2 cm³/mol. The Morgan fingerprint density at radius 1 is 1.38 bits per heavy atom. The van der Waals surface area contributed by atoms with Gasteiger partial charge in [-0.05, 0) is 52.7 Å². The van der Waals surface area contributed by atoms with E-state index in [0.29, 0.717) is 11.4 Å². The maximum atomic E-state index is 12.2. The van der Waals surface area contributed by atoms with Crippen LogP contribution < -0.4 is 10.1 Å². The number of amides is 1. The average Bonchev–Trinajstić information content (AvgIpc) is 3.31. The van der Waals surface area contributed by atoms with Crippen LogP contribution in [0.4, 0.5) is 0 Å². The summed E-state index contributed by atoms with van der Waals surface area (Å²) in [5, 5.41) is 23.3. The summed E-state index contributed by atoms with van der Waals surface area (Å²) in [5.41, 5.74) is 2.69. The Morgan fingerprint density at radius 2 is 2.17 bits per heavy atom. The first-order chi connectivity index (χ1) is 11.7. The number of benzene rings is 1. The maximum absolute atomic E-state index is 12.2. The fraction of sp³-hybridized carbons (Fsp3) is 0.176. The quantitative estimate of drug-likeness (QED) is 0.642. The molecule has 0 saturated heterocycles. The summed E-state index contributed by atoms with van der Waals surface area (Å²) in [5.74, 6) is 0.450. The van der Waals surface area contributed by atoms with E-state index in [-0.39, 0.29) is 12.5 Å². The van der Waals surface area contributed by atoms with E-state index in [4.69, 9.17) is 4.74 Å². The molecule has 6 nitrogen and oxygen atoms in total. The van der Waals surface area contributed by atoms with Crippen molar-refractivity contribution in [1.29, 1.82) is 0 Å². The molecule has 3 aromatic rings. The predicted octanol–water partition coefficient (Wildman–Crippen LogP) is 2.61. The lowest BCUT2D eigenvalue weighted by molar-refractivity contribution is 0.0911. The van der Waals surface area contributed by atoms with E-state index in [1.807, 2.05) is 41.1 Å². The van der Waals surface area contributed by atoms with Crippen LogP contribution in [0, 0.1) is 0 Å². The molecule has 0 aliphatic heterocycles. The van der Waals surface area contributed by atoms with Crippen molar-refractivity contribution in [2.75, 3.05) is 13.7 Å². The summed E-state index contributed by atoms with van der Waals surface area (Å²) in [6, 6.07) is 10.9. The third-order valence-corrected chi connectivity index (χ3v) is 4.29. The average molecular weight is 343 g/mol. The molecule has 1 amide bonds. The smallest absolute Gasteiger partial charge is 0.269 e. The van der Waals surface area contributed by atoms with Gasteiger partial charge in [0.25, 0.3) is 5.91 Å². The van der Waals surface area contributed by atoms with Gasteiger partial charge < -0.3 is 15.2 Å². The minimum Gasteiger partial charge on any atom is -0.497 e. The maximum Gasteiger partial charge on any atom is 0.269 e. The summed E-state index contributed by atoms with van der Waals surface area (Å²) in [6.07, 6.45) is -0.718. The van der Waals surface area contributed by atoms with E-state index >= 15 is 0 Å². The van der Waals surface area contributed by atoms with Crippen LogP contribution in [0.1, 0.15) is 22.2 Å². The van der Waals surface area contributed by atoms with Crippen molar-refractivity contribution in [2.45, 2.75) is 6.10 Å². The van der Waals surface area contributed by atoms with Crippen LogP contribution in [0.15, 0.2) is 47.2 Å². The van der Waals surface area contributed by atoms with Crippen LogP contribution in [-0.4, -0.2) is 34.9 Å². The van der Waals surface area contributed by atoms with Crippen molar-refractivity contribution >= 4 is 17.2 Å². The molecule has 1 unspecified atom stereocenters. The second-order valence-electron chi connectivity index (χ2n) is 5.18. The number of hydrogen-bond acceptors (Lipinski definition) is 5. The van der Waals surface area contributed by atoms with Crippen molar-refractivity contribution in [3.63, 3.8) is 0 Å². The molecule has 0 bridgehead atoms. The lowest BCUT2D eigenvalue weighted by Gasteiger charge is -2.09. The highest BCUT2D eigenvalue weighted by atomic mass is 32.1. The highest BCUT2D eigenvalue weighted by molar-refractivity contribution is 7.07. The fourth-order valence-corrected chi connectivity index (χ4v) is 2.92. The molecule has 24 heavy (non-hydrogen) atoms. The molecule has 0 aliphatic rings. The molecule has 7 heteroatoms. The topological polar surface area (TPSA) is 87.2 Å². The molecule has 0 spiro atoms. The number of aromatic nitrogens is 2. The minimum atomic E-state index is -0.718. The van der Waals surface area contributed by atoms with E-state index in [9.17, 15) is 9.90 Å². The van der Waals surface area contributed by atoms with Crippen LogP contribution in [-0.2, 0) is 0 Å². The van der Waals surface area contributed by atoms with Gasteiger partial charge in [0.1, 0.15) is 11.4 Å². The van der Waals surface area contributed by atoms with Crippen LogP contribution in [0.25, 0.3) is 11.3 Å². The molecule has 0 aliphatic carbocycles. The number of ether oxygens (including phenoxy) is 1. The molecule has 124 valence electrons. The van der Waals surface area contributed by atoms with Crippen molar-refractivity contribution in [1.82, 2.24) is 15.5 Å². The Balaban J connectivity index is 1.62. The zero-order chi connectivity index (χ0) is 16.9. The van der Waals surface area contributed by atoms with Gasteiger partial charge in [-0.2, -0.15) is 16.4 Å². The van der Waals surface area contributed by atoms with Gasteiger partial charge in [0, 0.05) is 12.1 Å². The monoisotopic (exact) mass is 343 g/mol. The number of methoxy groups -OCH3 is 1. The van der Waals surface area contributed by atoms with Crippen LogP contribution in [0.2, 0.25) is 0 Å². The molecule has 2 heterocycles. The number of aliphatic hydroxyl groups is 1. The summed E-state index contributed by atoms with van der Waals surface area (Å²) in [7, 11) is 1.61. The van der Waals surface area contributed by atoms with E-state index in [2.05, 4.69) is 15.5 Å². The number of aromatic amines is 1. The van der Waals surface area contributed by atoms with Gasteiger partial charge in [0.2, 0.25) is 0 Å². The Hall–Kier alpha value is -2.64. The van der Waals surface area contributed by atoms with Gasteiger partial charge in [-0.3, -0.25) is 9.89 Å². The van der Waals surface area contributed by atoms with Crippen molar-refractivity contribution in [3.05, 3.63) is 58.4 Å². The SMILES string of the molecule is COc1ccc(-c2cc(C(=O)NCC(O)c3ccsc3)[nH]n2)cc1. The third kappa shape index (κ3) is 3.64. The van der Waals surface area contributed by atoms with Crippen molar-refractivity contribution in [3.8, 4) is 17.0 Å². The summed E-state index contributed by atoms with van der Waals surface area (Å²) in [4.78, 5) is 12.2. The number of nitrogens with one attached hydrogen (secondary N) is 2. The Labute approximate surface area is 143 Å². The third-order valence-electron chi connectivity index (χ3n) is 3.59. The molecule has 3 rings (SSSR count). The van der Waals surface area contributed by atoms with Gasteiger partial charge in [-0.15, -0.1) is 0 Å². The number of carbonyl (C=O) groups is 1. The molecule has 0 saturated carbocycles. The zero-order valence-corrected chi connectivity index (χ0v) is 13.8. The second kappa shape index (κ2) is 7.29. The van der Waals surface area contributed by atoms with Gasteiger partial charge >= 0.3 is 0 Å². The number of thiophene rings is 1. The van der Waals surface area contributed by atoms with Crippen LogP contribution in [0.3, 0.4) is 0 Å². The molecule has 0 fully saturated rings. The van der Waals surface area contributed by atoms with Crippen molar-refractivity contribution < 1.29 is 14.6 Å². The lowest BCUT2D eigenvalue weighted by Crippen LogP contribution is -2.28. The number of H-pyrrole nitrogens is 1. The normalized spacial score (nSPS) is 11.9. The summed E-state index contributed by atoms with van der Waals surface area (Å²) in [6.45, 7) is 0.145. The molecular formula is C17H17N3O3S. The van der Waals surface area contributed by atoms with Gasteiger partial charge in [-0.25, -0.2) is 0 Å². The Morgan fingerprint density at radius 3 is 2.83 bits per heavy atom. The Kier molecular flexibility index (Phi) is 4.93. The van der Waals surface area contributed by atoms with E-state index in [1.54, 1.807) is 13.2 Å². The van der Waals surface area contributed by atoms with Crippen LogP contribution >= 0.6 is 11.3 Å². The highest BCUT2D eigenvalue weighted by Gasteiger charge is 2.14. The number of carbonyl (C=O) groups excluding carboxylic acids is 1. The lowest BCUT2D eigenvalue weighted by atomic mass is 10.1. The number of aliphatic hydroxyl groups excluding tert-OH is 1. The van der Waals surface area contributed by atoms with E-state index in [0.717, 1.165) is 16.9 Å². The number of hydrogen-bond donors (Lipinski definition) is 3. The number of nitrogens with zero attached hydrogens (tertiary/aromatic N) is 1. The van der Waals surface area contributed by atoms with Gasteiger partial charge in [0.05, 0.1) is 18.9 Å². The molecule has 1 atom stereocenters. The Bertz CT molecular complexity index is 797. The van der Waals surface area contributed by atoms with Gasteiger partial charge in [-0.1, -0.05) is 0 Å². The second-order valence-corrected chi connectivity index (χ2v) is 5.96. The summed E-state index contributed by atoms with van der Waals surface area (Å²) < 4.78 is 5.12. The first-order valence-electron chi connectivity index (χ1n) is 7.35. The standard InChI is InChI=1S/C17H17N3O3S/c1-23-13-4-2-11(3-5-13)14-8-15(20-19-14)17(22)18-9-16(21)12-6-7-24-10-12/h2-8,10,16,21H,9H2,1H3,(H,18,22)(H,19,20). The first-order valence-corrected chi connectivity index (χ1v) is 8.30. The highest BCUT2D eigenvalue weighted by Crippen LogP contribution is 2.21. The largest absolute Gasteiger partial charge is 0.497 e. The summed E-state index contributed by atoms with van der Waals surface area (Å²) >= 11 is 1.50. The minimum absolute atomic E-state index is 0.145. The van der Waals surface area contributed by atoms with E-state index in [1.165, 1.54) is 11.3 Å². The first kappa shape index (κ1) is 16.2. The molecule has 1 aromatic carbocycles. The zero-order valence-electron chi connectivity index (χ0n) is 13.0. The van der Waals surface area contributed by atoms with Gasteiger partial charge in [0.15, 0.2) is 0 Å². The molecule has 0 radical (unpaired) electrons. The molecule has 2 aromatic heterocycles. The van der Waals surface area contributed by atoms with Crippen LogP contribution in [0.5, 0.6) is 5.75 Å². The van der Waals surface area contributed by atoms with Crippen molar-refractivity contribution in [2.24, 2.45) is 0 Å². The van der Waals surface area contributed by atoms with E-state index < -0.39 is 6.10 Å².